The lowest BCUT2D eigenvalue weighted by molar-refractivity contribution is 0.221. The fourth-order valence-corrected chi connectivity index (χ4v) is 3.57. The van der Waals surface area contributed by atoms with Crippen molar-refractivity contribution in [3.05, 3.63) is 57.8 Å². The average molecular weight is 271 g/mol. The number of hydrogen-bond donors (Lipinski definition) is 0. The zero-order valence-electron chi connectivity index (χ0n) is 11.3. The van der Waals surface area contributed by atoms with Gasteiger partial charge in [-0.2, -0.15) is 0 Å². The maximum atomic E-state index is 2.59. The summed E-state index contributed by atoms with van der Waals surface area (Å²) in [5.41, 5.74) is 2.91. The summed E-state index contributed by atoms with van der Waals surface area (Å²) in [7, 11) is 0. The summed E-state index contributed by atoms with van der Waals surface area (Å²) in [5, 5.41) is 2.16. The van der Waals surface area contributed by atoms with Crippen molar-refractivity contribution >= 4 is 11.3 Å². The molecule has 0 aliphatic carbocycles. The smallest absolute Gasteiger partial charge is 0.0233 e. The molecule has 0 spiro atoms. The normalized spacial score (nSPS) is 16.6. The van der Waals surface area contributed by atoms with Crippen molar-refractivity contribution in [2.45, 2.75) is 32.2 Å². The first-order valence-electron chi connectivity index (χ1n) is 7.23. The second kappa shape index (κ2) is 6.36. The molecule has 1 aromatic carbocycles. The van der Waals surface area contributed by atoms with Crippen LogP contribution in [0.3, 0.4) is 0 Å². The van der Waals surface area contributed by atoms with Crippen LogP contribution < -0.4 is 0 Å². The van der Waals surface area contributed by atoms with Gasteiger partial charge in [-0.05, 0) is 48.5 Å². The molecular formula is C17H21NS. The highest BCUT2D eigenvalue weighted by atomic mass is 32.1. The van der Waals surface area contributed by atoms with Gasteiger partial charge in [-0.25, -0.2) is 0 Å². The fraction of sp³-hybridized carbons (Fsp3) is 0.412. The van der Waals surface area contributed by atoms with Crippen molar-refractivity contribution < 1.29 is 0 Å². The van der Waals surface area contributed by atoms with Crippen LogP contribution in [0.1, 0.15) is 35.3 Å². The number of likely N-dealkylation sites (tertiary alicyclic amines) is 1. The summed E-state index contributed by atoms with van der Waals surface area (Å²) in [6.07, 6.45) is 5.23. The van der Waals surface area contributed by atoms with Gasteiger partial charge in [-0.3, -0.25) is 4.90 Å². The molecule has 19 heavy (non-hydrogen) atoms. The van der Waals surface area contributed by atoms with Crippen molar-refractivity contribution in [2.24, 2.45) is 0 Å². The standard InChI is InChI=1S/C17H21NS/c1-2-9-18(10-3-1)14-16-7-4-6-15(12-16)13-17-8-5-11-19-17/h4-8,11-12H,1-3,9-10,13-14H2. The summed E-state index contributed by atoms with van der Waals surface area (Å²) in [6.45, 7) is 3.67. The summed E-state index contributed by atoms with van der Waals surface area (Å²) < 4.78 is 0. The number of benzene rings is 1. The SMILES string of the molecule is c1cc(Cc2cccs2)cc(CN2CCCCC2)c1. The lowest BCUT2D eigenvalue weighted by atomic mass is 10.1. The van der Waals surface area contributed by atoms with Crippen LogP contribution in [0.25, 0.3) is 0 Å². The molecule has 0 N–H and O–H groups in total. The molecular weight excluding hydrogens is 250 g/mol. The summed E-state index contributed by atoms with van der Waals surface area (Å²) in [5.74, 6) is 0. The minimum absolute atomic E-state index is 1.07. The average Bonchev–Trinajstić information content (AvgIpc) is 2.93. The summed E-state index contributed by atoms with van der Waals surface area (Å²) >= 11 is 1.85. The maximum absolute atomic E-state index is 2.59. The van der Waals surface area contributed by atoms with Gasteiger partial charge in [0, 0.05) is 17.8 Å². The minimum atomic E-state index is 1.07. The van der Waals surface area contributed by atoms with Crippen LogP contribution in [0, 0.1) is 0 Å². The first-order chi connectivity index (χ1) is 9.40. The molecule has 1 fully saturated rings. The van der Waals surface area contributed by atoms with Gasteiger partial charge in [-0.1, -0.05) is 36.8 Å². The Morgan fingerprint density at radius 2 is 1.79 bits per heavy atom. The van der Waals surface area contributed by atoms with Gasteiger partial charge in [0.25, 0.3) is 0 Å². The molecule has 0 unspecified atom stereocenters. The Morgan fingerprint density at radius 3 is 2.58 bits per heavy atom. The molecule has 1 aliphatic heterocycles. The van der Waals surface area contributed by atoms with Crippen molar-refractivity contribution in [3.8, 4) is 0 Å². The summed E-state index contributed by atoms with van der Waals surface area (Å²) in [4.78, 5) is 4.04. The van der Waals surface area contributed by atoms with Crippen LogP contribution in [0.5, 0.6) is 0 Å². The topological polar surface area (TPSA) is 3.24 Å². The van der Waals surface area contributed by atoms with Crippen molar-refractivity contribution in [1.82, 2.24) is 4.90 Å². The zero-order chi connectivity index (χ0) is 12.9. The molecule has 2 heteroatoms. The molecule has 2 heterocycles. The number of thiophene rings is 1. The van der Waals surface area contributed by atoms with E-state index in [4.69, 9.17) is 0 Å². The Kier molecular flexibility index (Phi) is 4.31. The van der Waals surface area contributed by atoms with Crippen LogP contribution in [-0.2, 0) is 13.0 Å². The molecule has 1 aliphatic rings. The van der Waals surface area contributed by atoms with Crippen LogP contribution in [-0.4, -0.2) is 18.0 Å². The fourth-order valence-electron chi connectivity index (χ4n) is 2.83. The third kappa shape index (κ3) is 3.68. The van der Waals surface area contributed by atoms with Crippen LogP contribution in [0.2, 0.25) is 0 Å². The van der Waals surface area contributed by atoms with E-state index in [1.807, 2.05) is 11.3 Å². The Hall–Kier alpha value is -1.12. The van der Waals surface area contributed by atoms with E-state index in [2.05, 4.69) is 46.7 Å². The van der Waals surface area contributed by atoms with E-state index in [0.717, 1.165) is 13.0 Å². The van der Waals surface area contributed by atoms with E-state index in [1.54, 1.807) is 0 Å². The molecule has 100 valence electrons. The molecule has 0 bridgehead atoms. The predicted molar refractivity (Wildman–Crippen MR) is 82.7 cm³/mol. The monoisotopic (exact) mass is 271 g/mol. The van der Waals surface area contributed by atoms with E-state index in [-0.39, 0.29) is 0 Å². The van der Waals surface area contributed by atoms with Crippen molar-refractivity contribution in [2.75, 3.05) is 13.1 Å². The van der Waals surface area contributed by atoms with Gasteiger partial charge < -0.3 is 0 Å². The second-order valence-corrected chi connectivity index (χ2v) is 6.45. The quantitative estimate of drug-likeness (QED) is 0.800. The summed E-state index contributed by atoms with van der Waals surface area (Å²) in [6, 6.07) is 13.5. The van der Waals surface area contributed by atoms with Crippen molar-refractivity contribution in [1.29, 1.82) is 0 Å². The highest BCUT2D eigenvalue weighted by Crippen LogP contribution is 2.18. The van der Waals surface area contributed by atoms with E-state index in [1.165, 1.54) is 48.4 Å². The third-order valence-corrected chi connectivity index (χ3v) is 4.68. The van der Waals surface area contributed by atoms with Gasteiger partial charge in [-0.15, -0.1) is 11.3 Å². The van der Waals surface area contributed by atoms with Crippen molar-refractivity contribution in [3.63, 3.8) is 0 Å². The minimum Gasteiger partial charge on any atom is -0.299 e. The Morgan fingerprint density at radius 1 is 0.947 bits per heavy atom. The Balaban J connectivity index is 1.65. The molecule has 0 saturated carbocycles. The molecule has 1 nitrogen and oxygen atoms in total. The number of nitrogens with zero attached hydrogens (tertiary/aromatic N) is 1. The number of hydrogen-bond acceptors (Lipinski definition) is 2. The molecule has 2 aromatic rings. The molecule has 0 amide bonds. The van der Waals surface area contributed by atoms with E-state index in [0.29, 0.717) is 0 Å². The molecule has 0 atom stereocenters. The number of rotatable bonds is 4. The highest BCUT2D eigenvalue weighted by molar-refractivity contribution is 7.09. The number of piperidine rings is 1. The Bertz CT molecular complexity index is 498. The van der Waals surface area contributed by atoms with Crippen LogP contribution in [0.4, 0.5) is 0 Å². The maximum Gasteiger partial charge on any atom is 0.0233 e. The lowest BCUT2D eigenvalue weighted by Gasteiger charge is -2.26. The van der Waals surface area contributed by atoms with E-state index >= 15 is 0 Å². The van der Waals surface area contributed by atoms with Gasteiger partial charge in [0.1, 0.15) is 0 Å². The third-order valence-electron chi connectivity index (χ3n) is 3.80. The predicted octanol–water partition coefficient (Wildman–Crippen LogP) is 4.32. The molecule has 0 radical (unpaired) electrons. The Labute approximate surface area is 119 Å². The van der Waals surface area contributed by atoms with Crippen LogP contribution >= 0.6 is 11.3 Å². The molecule has 3 rings (SSSR count). The van der Waals surface area contributed by atoms with Gasteiger partial charge >= 0.3 is 0 Å². The van der Waals surface area contributed by atoms with E-state index < -0.39 is 0 Å². The first-order valence-corrected chi connectivity index (χ1v) is 8.11. The second-order valence-electron chi connectivity index (χ2n) is 5.41. The van der Waals surface area contributed by atoms with E-state index in [9.17, 15) is 0 Å². The first kappa shape index (κ1) is 12.9. The molecule has 1 aromatic heterocycles. The lowest BCUT2D eigenvalue weighted by Crippen LogP contribution is -2.29. The molecule has 1 saturated heterocycles. The highest BCUT2D eigenvalue weighted by Gasteiger charge is 2.10. The largest absolute Gasteiger partial charge is 0.299 e. The van der Waals surface area contributed by atoms with Gasteiger partial charge in [0.2, 0.25) is 0 Å². The van der Waals surface area contributed by atoms with Gasteiger partial charge in [0.15, 0.2) is 0 Å². The van der Waals surface area contributed by atoms with Gasteiger partial charge in [0.05, 0.1) is 0 Å². The zero-order valence-corrected chi connectivity index (χ0v) is 12.2. The van der Waals surface area contributed by atoms with Crippen LogP contribution in [0.15, 0.2) is 41.8 Å².